The third-order valence-corrected chi connectivity index (χ3v) is 8.00. The summed E-state index contributed by atoms with van der Waals surface area (Å²) in [4.78, 5) is 25.7. The Morgan fingerprint density at radius 1 is 1.27 bits per heavy atom. The molecule has 0 amide bonds. The average Bonchev–Trinajstić information content (AvgIpc) is 3.30. The number of nitrogens with one attached hydrogen (secondary N) is 2. The third-order valence-electron chi connectivity index (χ3n) is 5.08. The van der Waals surface area contributed by atoms with Crippen LogP contribution in [0.15, 0.2) is 50.9 Å². The molecule has 2 N–H and O–H groups in total. The first-order chi connectivity index (χ1) is 14.4. The summed E-state index contributed by atoms with van der Waals surface area (Å²) in [5.41, 5.74) is 1.32. The van der Waals surface area contributed by atoms with Gasteiger partial charge in [-0.3, -0.25) is 4.79 Å². The maximum absolute atomic E-state index is 12.4. The summed E-state index contributed by atoms with van der Waals surface area (Å²) in [6, 6.07) is 8.57. The first-order valence-corrected chi connectivity index (χ1v) is 12.2. The van der Waals surface area contributed by atoms with Crippen LogP contribution in [-0.4, -0.2) is 42.5 Å². The number of rotatable bonds is 6. The normalized spacial score (nSPS) is 15.4. The molecule has 0 bridgehead atoms. The zero-order valence-electron chi connectivity index (χ0n) is 16.5. The number of anilines is 1. The molecule has 3 aromatic heterocycles. The van der Waals surface area contributed by atoms with E-state index in [0.717, 1.165) is 17.1 Å². The van der Waals surface area contributed by atoms with Crippen molar-refractivity contribution in [3.8, 4) is 11.4 Å². The zero-order chi connectivity index (χ0) is 21.1. The number of aromatic amines is 1. The summed E-state index contributed by atoms with van der Waals surface area (Å²) in [7, 11) is -3.45. The number of pyridine rings is 1. The highest BCUT2D eigenvalue weighted by Gasteiger charge is 2.25. The van der Waals surface area contributed by atoms with E-state index >= 15 is 0 Å². The lowest BCUT2D eigenvalue weighted by Gasteiger charge is -2.33. The Morgan fingerprint density at radius 3 is 2.70 bits per heavy atom. The van der Waals surface area contributed by atoms with Crippen molar-refractivity contribution < 1.29 is 8.42 Å². The van der Waals surface area contributed by atoms with Crippen molar-refractivity contribution in [2.24, 2.45) is 0 Å². The van der Waals surface area contributed by atoms with E-state index in [4.69, 9.17) is 0 Å². The standard InChI is InChI=1S/C20H23N5O3S2/c1-2-15-12-18(26)23-20(22-15)14-5-6-17(21-13-14)25-9-7-16(8-10-25)24-30(27,28)19-4-3-11-29-19/h3-6,11-13,16,24H,2,7-10H2,1H3,(H,22,23,26). The SMILES string of the molecule is CCc1cc(=O)[nH]c(-c2ccc(N3CCC(NS(=O)(=O)c4cccs4)CC3)nc2)n1. The van der Waals surface area contributed by atoms with Gasteiger partial charge in [0.25, 0.3) is 5.56 Å². The van der Waals surface area contributed by atoms with Crippen LogP contribution < -0.4 is 15.2 Å². The Balaban J connectivity index is 1.40. The predicted octanol–water partition coefficient (Wildman–Crippen LogP) is 2.40. The minimum atomic E-state index is -3.45. The van der Waals surface area contributed by atoms with Crippen LogP contribution >= 0.6 is 11.3 Å². The van der Waals surface area contributed by atoms with Gasteiger partial charge < -0.3 is 9.88 Å². The van der Waals surface area contributed by atoms with Gasteiger partial charge in [-0.1, -0.05) is 13.0 Å². The lowest BCUT2D eigenvalue weighted by atomic mass is 10.1. The topological polar surface area (TPSA) is 108 Å². The molecule has 1 aliphatic rings. The number of hydrogen-bond donors (Lipinski definition) is 2. The molecule has 1 fully saturated rings. The zero-order valence-corrected chi connectivity index (χ0v) is 18.2. The lowest BCUT2D eigenvalue weighted by Crippen LogP contribution is -2.44. The number of hydrogen-bond acceptors (Lipinski definition) is 7. The molecule has 4 heterocycles. The molecule has 4 rings (SSSR count). The van der Waals surface area contributed by atoms with Crippen molar-refractivity contribution in [2.75, 3.05) is 18.0 Å². The van der Waals surface area contributed by atoms with E-state index in [1.54, 1.807) is 23.7 Å². The van der Waals surface area contributed by atoms with Gasteiger partial charge in [-0.25, -0.2) is 23.1 Å². The number of nitrogens with zero attached hydrogens (tertiary/aromatic N) is 3. The molecule has 158 valence electrons. The van der Waals surface area contributed by atoms with Gasteiger partial charge in [0.1, 0.15) is 15.9 Å². The maximum atomic E-state index is 12.4. The number of thiophene rings is 1. The average molecular weight is 446 g/mol. The fraction of sp³-hybridized carbons (Fsp3) is 0.350. The third kappa shape index (κ3) is 4.61. The van der Waals surface area contributed by atoms with Gasteiger partial charge in [0, 0.05) is 42.7 Å². The number of aromatic nitrogens is 3. The van der Waals surface area contributed by atoms with Crippen LogP contribution in [0.5, 0.6) is 0 Å². The van der Waals surface area contributed by atoms with Gasteiger partial charge in [0.2, 0.25) is 10.0 Å². The van der Waals surface area contributed by atoms with E-state index in [-0.39, 0.29) is 11.6 Å². The van der Waals surface area contributed by atoms with Crippen LogP contribution in [-0.2, 0) is 16.4 Å². The van der Waals surface area contributed by atoms with Gasteiger partial charge in [-0.15, -0.1) is 11.3 Å². The Labute approximate surface area is 179 Å². The highest BCUT2D eigenvalue weighted by atomic mass is 32.2. The number of sulfonamides is 1. The Morgan fingerprint density at radius 2 is 2.07 bits per heavy atom. The molecule has 1 aliphatic heterocycles. The van der Waals surface area contributed by atoms with Crippen molar-refractivity contribution in [1.82, 2.24) is 19.7 Å². The van der Waals surface area contributed by atoms with E-state index in [9.17, 15) is 13.2 Å². The summed E-state index contributed by atoms with van der Waals surface area (Å²) in [6.45, 7) is 3.38. The number of aryl methyl sites for hydroxylation is 1. The highest BCUT2D eigenvalue weighted by molar-refractivity contribution is 7.91. The van der Waals surface area contributed by atoms with Crippen molar-refractivity contribution in [3.63, 3.8) is 0 Å². The van der Waals surface area contributed by atoms with Gasteiger partial charge in [-0.05, 0) is 42.8 Å². The van der Waals surface area contributed by atoms with Gasteiger partial charge in [0.15, 0.2) is 0 Å². The van der Waals surface area contributed by atoms with Crippen molar-refractivity contribution in [2.45, 2.75) is 36.4 Å². The molecule has 8 nitrogen and oxygen atoms in total. The van der Waals surface area contributed by atoms with Crippen molar-refractivity contribution >= 4 is 27.2 Å². The summed E-state index contributed by atoms with van der Waals surface area (Å²) in [5, 5.41) is 1.76. The molecular weight excluding hydrogens is 422 g/mol. The van der Waals surface area contributed by atoms with Crippen LogP contribution in [0.25, 0.3) is 11.4 Å². The van der Waals surface area contributed by atoms with E-state index in [1.807, 2.05) is 19.1 Å². The number of H-pyrrole nitrogens is 1. The molecule has 30 heavy (non-hydrogen) atoms. The van der Waals surface area contributed by atoms with Gasteiger partial charge >= 0.3 is 0 Å². The van der Waals surface area contributed by atoms with Crippen molar-refractivity contribution in [1.29, 1.82) is 0 Å². The molecule has 0 atom stereocenters. The van der Waals surface area contributed by atoms with Crippen LogP contribution in [0.4, 0.5) is 5.82 Å². The van der Waals surface area contributed by atoms with Crippen LogP contribution in [0.3, 0.4) is 0 Å². The molecule has 0 spiro atoms. The predicted molar refractivity (Wildman–Crippen MR) is 117 cm³/mol. The molecule has 0 unspecified atom stereocenters. The second-order valence-corrected chi connectivity index (χ2v) is 10.0. The minimum Gasteiger partial charge on any atom is -0.357 e. The second-order valence-electron chi connectivity index (χ2n) is 7.16. The fourth-order valence-corrected chi connectivity index (χ4v) is 5.77. The van der Waals surface area contributed by atoms with E-state index in [1.165, 1.54) is 17.4 Å². The number of piperidine rings is 1. The Bertz CT molecular complexity index is 1150. The summed E-state index contributed by atoms with van der Waals surface area (Å²) in [6.07, 6.45) is 3.81. The Hall–Kier alpha value is -2.56. The Kier molecular flexibility index (Phi) is 5.98. The molecule has 0 aliphatic carbocycles. The van der Waals surface area contributed by atoms with Crippen molar-refractivity contribution in [3.05, 3.63) is 58.0 Å². The largest absolute Gasteiger partial charge is 0.357 e. The van der Waals surface area contributed by atoms with Crippen LogP contribution in [0.1, 0.15) is 25.5 Å². The minimum absolute atomic E-state index is 0.0846. The summed E-state index contributed by atoms with van der Waals surface area (Å²) < 4.78 is 28.0. The molecule has 10 heteroatoms. The quantitative estimate of drug-likeness (QED) is 0.603. The molecule has 1 saturated heterocycles. The van der Waals surface area contributed by atoms with E-state index in [2.05, 4.69) is 24.6 Å². The maximum Gasteiger partial charge on any atom is 0.251 e. The van der Waals surface area contributed by atoms with Gasteiger partial charge in [-0.2, -0.15) is 0 Å². The monoisotopic (exact) mass is 445 g/mol. The van der Waals surface area contributed by atoms with E-state index < -0.39 is 10.0 Å². The second kappa shape index (κ2) is 8.66. The van der Waals surface area contributed by atoms with Crippen LogP contribution in [0.2, 0.25) is 0 Å². The molecule has 0 aromatic carbocycles. The smallest absolute Gasteiger partial charge is 0.251 e. The van der Waals surface area contributed by atoms with Gasteiger partial charge in [0.05, 0.1) is 0 Å². The molecule has 3 aromatic rings. The fourth-order valence-electron chi connectivity index (χ4n) is 3.46. The summed E-state index contributed by atoms with van der Waals surface area (Å²) in [5.74, 6) is 1.34. The molecule has 0 saturated carbocycles. The lowest BCUT2D eigenvalue weighted by molar-refractivity contribution is 0.459. The first kappa shape index (κ1) is 20.7. The van der Waals surface area contributed by atoms with Crippen LogP contribution in [0, 0.1) is 0 Å². The molecular formula is C20H23N5O3S2. The highest BCUT2D eigenvalue weighted by Crippen LogP contribution is 2.23. The first-order valence-electron chi connectivity index (χ1n) is 9.82. The molecule has 0 radical (unpaired) electrons. The van der Waals surface area contributed by atoms with E-state index in [0.29, 0.717) is 42.4 Å². The summed E-state index contributed by atoms with van der Waals surface area (Å²) >= 11 is 1.22.